The van der Waals surface area contributed by atoms with E-state index in [1.807, 2.05) is 0 Å². The lowest BCUT2D eigenvalue weighted by Crippen LogP contribution is -1.96. The Bertz CT molecular complexity index is 360. The fraction of sp³-hybridized carbons (Fsp3) is 0.417. The van der Waals surface area contributed by atoms with Crippen molar-refractivity contribution in [3.8, 4) is 17.2 Å². The van der Waals surface area contributed by atoms with Crippen LogP contribution in [0.25, 0.3) is 0 Å². The summed E-state index contributed by atoms with van der Waals surface area (Å²) in [4.78, 5) is 10.9. The number of aryl methyl sites for hydroxylation is 1. The summed E-state index contributed by atoms with van der Waals surface area (Å²) in [6.07, 6.45) is 1.08. The van der Waals surface area contributed by atoms with E-state index < -0.39 is 0 Å². The molecule has 0 radical (unpaired) electrons. The van der Waals surface area contributed by atoms with Gasteiger partial charge < -0.3 is 19.4 Å². The summed E-state index contributed by atoms with van der Waals surface area (Å²) in [5, 5.41) is 9.67. The van der Waals surface area contributed by atoms with Gasteiger partial charge in [-0.05, 0) is 31.0 Å². The van der Waals surface area contributed by atoms with Gasteiger partial charge in [-0.3, -0.25) is 0 Å². The standard InChI is InChI=1S/C12H16O4/c1-8(13)4-5-9-6-10(15-2)12(14)11(7-9)16-3/h6-7,14H,4-5H2,1-3H3. The second-order valence-electron chi connectivity index (χ2n) is 3.55. The Morgan fingerprint density at radius 3 is 2.12 bits per heavy atom. The Labute approximate surface area is 94.8 Å². The third-order valence-corrected chi connectivity index (χ3v) is 2.31. The monoisotopic (exact) mass is 224 g/mol. The molecule has 0 spiro atoms. The number of carbonyl (C=O) groups excluding carboxylic acids is 1. The fourth-order valence-electron chi connectivity index (χ4n) is 1.41. The Kier molecular flexibility index (Phi) is 4.17. The minimum atomic E-state index is -0.0171. The molecule has 4 heteroatoms. The molecule has 0 aliphatic heterocycles. The van der Waals surface area contributed by atoms with Crippen LogP contribution in [0.5, 0.6) is 17.2 Å². The highest BCUT2D eigenvalue weighted by molar-refractivity contribution is 5.75. The van der Waals surface area contributed by atoms with E-state index in [-0.39, 0.29) is 11.5 Å². The van der Waals surface area contributed by atoms with E-state index in [1.165, 1.54) is 14.2 Å². The number of Topliss-reactive ketones (excluding diaryl/α,β-unsaturated/α-hetero) is 1. The molecule has 0 aliphatic carbocycles. The molecular weight excluding hydrogens is 208 g/mol. The lowest BCUT2D eigenvalue weighted by molar-refractivity contribution is -0.116. The second-order valence-corrected chi connectivity index (χ2v) is 3.55. The number of ketones is 1. The highest BCUT2D eigenvalue weighted by Gasteiger charge is 2.11. The van der Waals surface area contributed by atoms with Gasteiger partial charge in [0, 0.05) is 6.42 Å². The molecule has 0 amide bonds. The molecule has 0 atom stereocenters. The van der Waals surface area contributed by atoms with Crippen molar-refractivity contribution in [2.45, 2.75) is 19.8 Å². The topological polar surface area (TPSA) is 55.8 Å². The van der Waals surface area contributed by atoms with Gasteiger partial charge in [0.2, 0.25) is 5.75 Å². The zero-order valence-electron chi connectivity index (χ0n) is 9.74. The minimum Gasteiger partial charge on any atom is -0.502 e. The average Bonchev–Trinajstić information content (AvgIpc) is 2.27. The van der Waals surface area contributed by atoms with E-state index in [0.29, 0.717) is 24.3 Å². The Morgan fingerprint density at radius 2 is 1.75 bits per heavy atom. The predicted molar refractivity (Wildman–Crippen MR) is 60.2 cm³/mol. The largest absolute Gasteiger partial charge is 0.502 e. The van der Waals surface area contributed by atoms with E-state index in [1.54, 1.807) is 19.1 Å². The van der Waals surface area contributed by atoms with Crippen LogP contribution in [0, 0.1) is 0 Å². The van der Waals surface area contributed by atoms with Crippen LogP contribution in [0.4, 0.5) is 0 Å². The number of ether oxygens (including phenoxy) is 2. The maximum Gasteiger partial charge on any atom is 0.200 e. The number of rotatable bonds is 5. The summed E-state index contributed by atoms with van der Waals surface area (Å²) in [5.41, 5.74) is 0.904. The molecular formula is C12H16O4. The lowest BCUT2D eigenvalue weighted by Gasteiger charge is -2.10. The molecule has 0 aromatic heterocycles. The summed E-state index contributed by atoms with van der Waals surface area (Å²) in [6.45, 7) is 1.55. The molecule has 0 unspecified atom stereocenters. The highest BCUT2D eigenvalue weighted by Crippen LogP contribution is 2.37. The first-order valence-corrected chi connectivity index (χ1v) is 5.01. The van der Waals surface area contributed by atoms with E-state index in [2.05, 4.69) is 0 Å². The Balaban J connectivity index is 2.97. The van der Waals surface area contributed by atoms with E-state index >= 15 is 0 Å². The summed E-state index contributed by atoms with van der Waals surface area (Å²) in [7, 11) is 2.95. The minimum absolute atomic E-state index is 0.0171. The van der Waals surface area contributed by atoms with Crippen molar-refractivity contribution < 1.29 is 19.4 Å². The normalized spacial score (nSPS) is 9.94. The smallest absolute Gasteiger partial charge is 0.200 e. The van der Waals surface area contributed by atoms with Gasteiger partial charge in [0.25, 0.3) is 0 Å². The molecule has 0 saturated heterocycles. The van der Waals surface area contributed by atoms with Gasteiger partial charge in [-0.15, -0.1) is 0 Å². The number of hydrogen-bond acceptors (Lipinski definition) is 4. The Morgan fingerprint density at radius 1 is 1.25 bits per heavy atom. The van der Waals surface area contributed by atoms with Crippen LogP contribution in [0.15, 0.2) is 12.1 Å². The summed E-state index contributed by atoms with van der Waals surface area (Å²) in [6, 6.07) is 3.42. The van der Waals surface area contributed by atoms with Crippen LogP contribution in [-0.4, -0.2) is 25.1 Å². The van der Waals surface area contributed by atoms with Crippen LogP contribution < -0.4 is 9.47 Å². The molecule has 1 N–H and O–H groups in total. The van der Waals surface area contributed by atoms with Crippen LogP contribution in [-0.2, 0) is 11.2 Å². The summed E-state index contributed by atoms with van der Waals surface area (Å²) in [5.74, 6) is 0.832. The predicted octanol–water partition coefficient (Wildman–Crippen LogP) is 1.93. The van der Waals surface area contributed by atoms with E-state index in [4.69, 9.17) is 9.47 Å². The number of methoxy groups -OCH3 is 2. The first-order valence-electron chi connectivity index (χ1n) is 5.01. The van der Waals surface area contributed by atoms with E-state index in [9.17, 15) is 9.90 Å². The van der Waals surface area contributed by atoms with Crippen molar-refractivity contribution in [2.75, 3.05) is 14.2 Å². The zero-order valence-corrected chi connectivity index (χ0v) is 9.74. The number of aromatic hydroxyl groups is 1. The number of benzene rings is 1. The lowest BCUT2D eigenvalue weighted by atomic mass is 10.1. The molecule has 16 heavy (non-hydrogen) atoms. The van der Waals surface area contributed by atoms with Crippen LogP contribution in [0.3, 0.4) is 0 Å². The van der Waals surface area contributed by atoms with Crippen LogP contribution in [0.2, 0.25) is 0 Å². The number of phenols is 1. The van der Waals surface area contributed by atoms with Crippen molar-refractivity contribution in [3.63, 3.8) is 0 Å². The molecule has 4 nitrogen and oxygen atoms in total. The summed E-state index contributed by atoms with van der Waals surface area (Å²) >= 11 is 0. The third-order valence-electron chi connectivity index (χ3n) is 2.31. The molecule has 1 aromatic carbocycles. The molecule has 88 valence electrons. The third kappa shape index (κ3) is 2.89. The Hall–Kier alpha value is -1.71. The average molecular weight is 224 g/mol. The molecule has 0 heterocycles. The van der Waals surface area contributed by atoms with Gasteiger partial charge in [-0.25, -0.2) is 0 Å². The first-order chi connectivity index (χ1) is 7.58. The van der Waals surface area contributed by atoms with Gasteiger partial charge in [0.1, 0.15) is 5.78 Å². The summed E-state index contributed by atoms with van der Waals surface area (Å²) < 4.78 is 10.0. The molecule has 1 rings (SSSR count). The number of carbonyl (C=O) groups is 1. The van der Waals surface area contributed by atoms with Gasteiger partial charge in [0.05, 0.1) is 14.2 Å². The second kappa shape index (κ2) is 5.39. The van der Waals surface area contributed by atoms with Crippen molar-refractivity contribution >= 4 is 5.78 Å². The maximum absolute atomic E-state index is 10.9. The van der Waals surface area contributed by atoms with Gasteiger partial charge >= 0.3 is 0 Å². The number of phenolic OH excluding ortho intramolecular Hbond substituents is 1. The van der Waals surface area contributed by atoms with Crippen molar-refractivity contribution in [1.29, 1.82) is 0 Å². The van der Waals surface area contributed by atoms with Gasteiger partial charge in [-0.2, -0.15) is 0 Å². The quantitative estimate of drug-likeness (QED) is 0.830. The molecule has 1 aromatic rings. The number of hydrogen-bond donors (Lipinski definition) is 1. The van der Waals surface area contributed by atoms with Gasteiger partial charge in [0.15, 0.2) is 11.5 Å². The van der Waals surface area contributed by atoms with Crippen molar-refractivity contribution in [3.05, 3.63) is 17.7 Å². The first kappa shape index (κ1) is 12.4. The molecule has 0 aliphatic rings. The van der Waals surface area contributed by atoms with Gasteiger partial charge in [-0.1, -0.05) is 0 Å². The zero-order chi connectivity index (χ0) is 12.1. The molecule has 0 fully saturated rings. The van der Waals surface area contributed by atoms with Crippen LogP contribution in [0.1, 0.15) is 18.9 Å². The maximum atomic E-state index is 10.9. The van der Waals surface area contributed by atoms with Crippen molar-refractivity contribution in [1.82, 2.24) is 0 Å². The molecule has 0 bridgehead atoms. The SMILES string of the molecule is COc1cc(CCC(C)=O)cc(OC)c1O. The fourth-order valence-corrected chi connectivity index (χ4v) is 1.41. The van der Waals surface area contributed by atoms with E-state index in [0.717, 1.165) is 5.56 Å². The van der Waals surface area contributed by atoms with Crippen molar-refractivity contribution in [2.24, 2.45) is 0 Å². The van der Waals surface area contributed by atoms with Crippen LogP contribution >= 0.6 is 0 Å². The molecule has 0 saturated carbocycles. The highest BCUT2D eigenvalue weighted by atomic mass is 16.5.